The lowest BCUT2D eigenvalue weighted by atomic mass is 10.1. The van der Waals surface area contributed by atoms with Crippen LogP contribution in [0.3, 0.4) is 0 Å². The summed E-state index contributed by atoms with van der Waals surface area (Å²) >= 11 is 3.14. The number of carbonyl (C=O) groups excluding carboxylic acids is 1. The number of benzene rings is 1. The monoisotopic (exact) mass is 370 g/mol. The van der Waals surface area contributed by atoms with E-state index < -0.39 is 0 Å². The number of fused-ring (bicyclic) bond motifs is 1. The smallest absolute Gasteiger partial charge is 0.251 e. The number of aromatic nitrogens is 5. The quantitative estimate of drug-likeness (QED) is 0.510. The lowest BCUT2D eigenvalue weighted by Gasteiger charge is -2.05. The molecule has 9 heteroatoms. The Kier molecular flexibility index (Phi) is 4.49. The number of imidazole rings is 1. The van der Waals surface area contributed by atoms with E-state index in [1.807, 2.05) is 46.4 Å². The van der Waals surface area contributed by atoms with Crippen molar-refractivity contribution in [1.29, 1.82) is 0 Å². The van der Waals surface area contributed by atoms with Gasteiger partial charge in [0, 0.05) is 29.1 Å². The third-order valence-electron chi connectivity index (χ3n) is 3.56. The second-order valence-corrected chi connectivity index (χ2v) is 7.12. The number of thiazole rings is 1. The number of amides is 1. The maximum atomic E-state index is 12.3. The molecule has 4 aromatic rings. The summed E-state index contributed by atoms with van der Waals surface area (Å²) in [6, 6.07) is 7.56. The van der Waals surface area contributed by atoms with Crippen LogP contribution in [-0.4, -0.2) is 30.5 Å². The van der Waals surface area contributed by atoms with Crippen LogP contribution in [0.1, 0.15) is 21.6 Å². The van der Waals surface area contributed by atoms with Crippen molar-refractivity contribution < 1.29 is 4.79 Å². The molecule has 4 rings (SSSR count). The van der Waals surface area contributed by atoms with Crippen molar-refractivity contribution in [3.63, 3.8) is 0 Å². The number of thioether (sulfide) groups is 1. The van der Waals surface area contributed by atoms with Gasteiger partial charge in [-0.1, -0.05) is 23.9 Å². The molecule has 0 saturated heterocycles. The summed E-state index contributed by atoms with van der Waals surface area (Å²) in [6.07, 6.45) is 5.36. The van der Waals surface area contributed by atoms with Gasteiger partial charge in [-0.15, -0.1) is 11.3 Å². The normalized spacial score (nSPS) is 11.0. The predicted molar refractivity (Wildman–Crippen MR) is 96.6 cm³/mol. The summed E-state index contributed by atoms with van der Waals surface area (Å²) in [6.45, 7) is 0.413. The summed E-state index contributed by atoms with van der Waals surface area (Å²) in [4.78, 5) is 21.7. The summed E-state index contributed by atoms with van der Waals surface area (Å²) < 4.78 is 1.95. The Morgan fingerprint density at radius 1 is 1.32 bits per heavy atom. The third-order valence-corrected chi connectivity index (χ3v) is 5.28. The molecule has 0 aliphatic carbocycles. The summed E-state index contributed by atoms with van der Waals surface area (Å²) in [5.41, 5.74) is 2.60. The van der Waals surface area contributed by atoms with E-state index in [4.69, 9.17) is 0 Å². The van der Waals surface area contributed by atoms with E-state index in [9.17, 15) is 4.79 Å². The highest BCUT2D eigenvalue weighted by Crippen LogP contribution is 2.18. The highest BCUT2D eigenvalue weighted by molar-refractivity contribution is 7.98. The van der Waals surface area contributed by atoms with Crippen molar-refractivity contribution in [3.8, 4) is 0 Å². The molecule has 0 bridgehead atoms. The predicted octanol–water partition coefficient (Wildman–Crippen LogP) is 2.74. The lowest BCUT2D eigenvalue weighted by molar-refractivity contribution is 0.0950. The van der Waals surface area contributed by atoms with E-state index in [0.29, 0.717) is 12.1 Å². The van der Waals surface area contributed by atoms with E-state index in [-0.39, 0.29) is 5.91 Å². The number of hydrogen-bond donors (Lipinski definition) is 2. The van der Waals surface area contributed by atoms with E-state index >= 15 is 0 Å². The van der Waals surface area contributed by atoms with Crippen molar-refractivity contribution in [2.75, 3.05) is 0 Å². The number of H-pyrrole nitrogens is 1. The standard InChI is InChI=1S/C16H14N6OS2/c23-14(17-7-13-8-22-5-6-24-16(22)20-13)12-3-1-11(2-4-12)9-25-15-18-10-19-21-15/h1-6,8,10H,7,9H2,(H,17,23)(H,18,19,21). The van der Waals surface area contributed by atoms with Gasteiger partial charge in [-0.3, -0.25) is 14.3 Å². The fraction of sp³-hybridized carbons (Fsp3) is 0.125. The molecule has 0 saturated carbocycles. The first-order chi connectivity index (χ1) is 12.3. The average Bonchev–Trinajstić information content (AvgIpc) is 3.35. The zero-order chi connectivity index (χ0) is 17.1. The van der Waals surface area contributed by atoms with Gasteiger partial charge in [0.05, 0.1) is 12.2 Å². The van der Waals surface area contributed by atoms with Crippen LogP contribution in [0.2, 0.25) is 0 Å². The second kappa shape index (κ2) is 7.08. The Hall–Kier alpha value is -2.65. The molecular formula is C16H14N6OS2. The molecule has 0 aliphatic rings. The molecule has 3 heterocycles. The van der Waals surface area contributed by atoms with E-state index in [2.05, 4.69) is 25.5 Å². The van der Waals surface area contributed by atoms with Crippen LogP contribution >= 0.6 is 23.1 Å². The van der Waals surface area contributed by atoms with Gasteiger partial charge in [0.2, 0.25) is 0 Å². The van der Waals surface area contributed by atoms with Gasteiger partial charge in [0.15, 0.2) is 10.1 Å². The third kappa shape index (κ3) is 3.72. The highest BCUT2D eigenvalue weighted by atomic mass is 32.2. The van der Waals surface area contributed by atoms with Gasteiger partial charge in [0.25, 0.3) is 5.91 Å². The Bertz CT molecular complexity index is 945. The molecule has 3 aromatic heterocycles. The first kappa shape index (κ1) is 15.9. The zero-order valence-electron chi connectivity index (χ0n) is 13.0. The molecule has 1 aromatic carbocycles. The maximum absolute atomic E-state index is 12.3. The lowest BCUT2D eigenvalue weighted by Crippen LogP contribution is -2.22. The highest BCUT2D eigenvalue weighted by Gasteiger charge is 2.08. The number of carbonyl (C=O) groups is 1. The maximum Gasteiger partial charge on any atom is 0.251 e. The molecule has 0 radical (unpaired) electrons. The van der Waals surface area contributed by atoms with Crippen LogP contribution in [-0.2, 0) is 12.3 Å². The molecule has 0 spiro atoms. The summed E-state index contributed by atoms with van der Waals surface area (Å²) in [5.74, 6) is 0.661. The van der Waals surface area contributed by atoms with Gasteiger partial charge >= 0.3 is 0 Å². The SMILES string of the molecule is O=C(NCc1cn2ccsc2n1)c1ccc(CSc2ncn[nH]2)cc1. The molecule has 0 unspecified atom stereocenters. The van der Waals surface area contributed by atoms with Crippen LogP contribution in [0.15, 0.2) is 53.5 Å². The Balaban J connectivity index is 1.32. The number of nitrogens with zero attached hydrogens (tertiary/aromatic N) is 4. The van der Waals surface area contributed by atoms with E-state index in [0.717, 1.165) is 27.1 Å². The number of hydrogen-bond acceptors (Lipinski definition) is 6. The molecule has 0 fully saturated rings. The molecule has 0 atom stereocenters. The Labute approximate surface area is 151 Å². The van der Waals surface area contributed by atoms with Gasteiger partial charge in [-0.2, -0.15) is 5.10 Å². The van der Waals surface area contributed by atoms with Gasteiger partial charge in [0.1, 0.15) is 6.33 Å². The van der Waals surface area contributed by atoms with Gasteiger partial charge < -0.3 is 5.32 Å². The van der Waals surface area contributed by atoms with Crippen molar-refractivity contribution in [1.82, 2.24) is 29.9 Å². The van der Waals surface area contributed by atoms with Crippen molar-refractivity contribution in [3.05, 3.63) is 65.2 Å². The molecule has 126 valence electrons. The number of aromatic amines is 1. The second-order valence-electron chi connectivity index (χ2n) is 5.28. The van der Waals surface area contributed by atoms with Crippen LogP contribution in [0.25, 0.3) is 4.96 Å². The Morgan fingerprint density at radius 2 is 2.20 bits per heavy atom. The largest absolute Gasteiger partial charge is 0.346 e. The van der Waals surface area contributed by atoms with E-state index in [1.54, 1.807) is 23.1 Å². The average molecular weight is 370 g/mol. The first-order valence-electron chi connectivity index (χ1n) is 7.54. The minimum absolute atomic E-state index is 0.106. The van der Waals surface area contributed by atoms with Gasteiger partial charge in [-0.25, -0.2) is 9.97 Å². The Morgan fingerprint density at radius 3 is 2.96 bits per heavy atom. The molecule has 2 N–H and O–H groups in total. The first-order valence-corrected chi connectivity index (χ1v) is 9.41. The molecule has 7 nitrogen and oxygen atoms in total. The number of nitrogens with one attached hydrogen (secondary N) is 2. The summed E-state index contributed by atoms with van der Waals surface area (Å²) in [5, 5.41) is 12.3. The fourth-order valence-electron chi connectivity index (χ4n) is 2.30. The van der Waals surface area contributed by atoms with Crippen molar-refractivity contribution in [2.45, 2.75) is 17.5 Å². The molecular weight excluding hydrogens is 356 g/mol. The molecule has 1 amide bonds. The summed E-state index contributed by atoms with van der Waals surface area (Å²) in [7, 11) is 0. The minimum Gasteiger partial charge on any atom is -0.346 e. The molecule has 25 heavy (non-hydrogen) atoms. The van der Waals surface area contributed by atoms with E-state index in [1.165, 1.54) is 6.33 Å². The van der Waals surface area contributed by atoms with Crippen LogP contribution in [0, 0.1) is 0 Å². The zero-order valence-corrected chi connectivity index (χ0v) is 14.7. The van der Waals surface area contributed by atoms with Crippen LogP contribution in [0.4, 0.5) is 0 Å². The fourth-order valence-corrected chi connectivity index (χ4v) is 3.76. The van der Waals surface area contributed by atoms with Crippen LogP contribution < -0.4 is 5.32 Å². The van der Waals surface area contributed by atoms with Crippen LogP contribution in [0.5, 0.6) is 0 Å². The topological polar surface area (TPSA) is 88.0 Å². The number of rotatable bonds is 6. The molecule has 0 aliphatic heterocycles. The van der Waals surface area contributed by atoms with Crippen molar-refractivity contribution >= 4 is 34.0 Å². The van der Waals surface area contributed by atoms with Crippen molar-refractivity contribution in [2.24, 2.45) is 0 Å². The minimum atomic E-state index is -0.106. The van der Waals surface area contributed by atoms with Gasteiger partial charge in [-0.05, 0) is 17.7 Å².